The standard InChI is InChI=1S/C9H11N5O2.C8H10N4O2S.2C7H9N5O3/c10-8(9(15)16)4-6-2-1-3-7(13-6)5-12-14-11;9-7(8(13)14)2-5-1-6(15-4-5)3-11-12-10;8-5(7(13)14)1-4-3-15-6(11-4)2-10-12-9;8-6(7(13)14)2-4-1-5(15-11-4)3-10-12-9/h1-3,8H,4-5,10H2,(H,15,16);1,4,7H,2-3,9H2,(H,13,14);3,5H,1-2,8H2,(H,13,14);1,6H,2-3,8H2,(H,13,14)/t8-;7-;5-;6-/m0000/s1. The van der Waals surface area contributed by atoms with Gasteiger partial charge in [0, 0.05) is 61.2 Å². The number of oxazole rings is 1. The predicted octanol–water partition coefficient (Wildman–Crippen LogP) is 3.24. The summed E-state index contributed by atoms with van der Waals surface area (Å²) in [6.07, 6.45) is 1.90. The Morgan fingerprint density at radius 2 is 1.13 bits per heavy atom. The SMILES string of the molecule is [N-]=[N+]=NCc1cc(C[C@H](N)C(=O)O)cs1.[N-]=[N+]=NCc1cc(C[C@H](N)C(=O)O)no1.[N-]=[N+]=NCc1cccc(C[C@H](N)C(=O)O)n1.[N-]=[N+]=NCc1nc(C[C@H](N)C(=O)O)co1. The molecule has 0 aromatic carbocycles. The van der Waals surface area contributed by atoms with Crippen LogP contribution in [0.1, 0.15) is 44.9 Å². The molecule has 0 aliphatic carbocycles. The third-order valence-electron chi connectivity index (χ3n) is 6.94. The van der Waals surface area contributed by atoms with Crippen molar-refractivity contribution in [3.05, 3.63) is 129 Å². The summed E-state index contributed by atoms with van der Waals surface area (Å²) in [5.41, 5.74) is 56.6. The zero-order valence-corrected chi connectivity index (χ0v) is 32.5. The molecule has 324 valence electrons. The summed E-state index contributed by atoms with van der Waals surface area (Å²) in [6.45, 7) is 0.487. The number of aliphatic carboxylic acids is 4. The van der Waals surface area contributed by atoms with Crippen LogP contribution in [-0.2, 0) is 71.0 Å². The van der Waals surface area contributed by atoms with Gasteiger partial charge in [-0.05, 0) is 57.7 Å². The number of nitrogens with zero attached hydrogens (tertiary/aromatic N) is 15. The first-order chi connectivity index (χ1) is 29.0. The summed E-state index contributed by atoms with van der Waals surface area (Å²) in [5.74, 6) is -3.68. The molecule has 0 bridgehead atoms. The Hall–Kier alpha value is -7.77. The maximum absolute atomic E-state index is 10.5. The van der Waals surface area contributed by atoms with E-state index < -0.39 is 48.0 Å². The second-order valence-electron chi connectivity index (χ2n) is 11.7. The van der Waals surface area contributed by atoms with Crippen LogP contribution in [0.25, 0.3) is 41.8 Å². The molecule has 12 N–H and O–H groups in total. The van der Waals surface area contributed by atoms with Gasteiger partial charge in [-0.3, -0.25) is 24.2 Å². The highest BCUT2D eigenvalue weighted by Gasteiger charge is 2.17. The summed E-state index contributed by atoms with van der Waals surface area (Å²) in [6, 6.07) is 4.55. The first-order valence-electron chi connectivity index (χ1n) is 16.9. The number of nitrogens with two attached hydrogens (primary N) is 4. The van der Waals surface area contributed by atoms with Crippen LogP contribution < -0.4 is 22.9 Å². The molecular formula is C31H39N19O10S. The van der Waals surface area contributed by atoms with E-state index in [9.17, 15) is 19.2 Å². The molecule has 0 saturated heterocycles. The predicted molar refractivity (Wildman–Crippen MR) is 210 cm³/mol. The number of aromatic nitrogens is 3. The van der Waals surface area contributed by atoms with E-state index in [-0.39, 0.29) is 44.8 Å². The molecule has 30 heteroatoms. The quantitative estimate of drug-likeness (QED) is 0.0359. The van der Waals surface area contributed by atoms with E-state index in [1.807, 2.05) is 11.4 Å². The van der Waals surface area contributed by atoms with Crippen molar-refractivity contribution in [2.75, 3.05) is 0 Å². The molecule has 0 aliphatic heterocycles. The number of hydrogen-bond acceptors (Lipinski definition) is 18. The lowest BCUT2D eigenvalue weighted by Crippen LogP contribution is -2.32. The Labute approximate surface area is 346 Å². The van der Waals surface area contributed by atoms with Gasteiger partial charge in [0.25, 0.3) is 0 Å². The molecular weight excluding hydrogens is 831 g/mol. The van der Waals surface area contributed by atoms with E-state index in [1.54, 1.807) is 18.2 Å². The molecule has 0 amide bonds. The molecule has 4 rings (SSSR count). The fourth-order valence-electron chi connectivity index (χ4n) is 4.07. The number of carboxylic acids is 4. The minimum Gasteiger partial charge on any atom is -0.480 e. The van der Waals surface area contributed by atoms with Crippen LogP contribution in [-0.4, -0.2) is 83.6 Å². The topological polar surface area (TPSA) is 513 Å². The Kier molecular flexibility index (Phi) is 24.0. The number of hydrogen-bond donors (Lipinski definition) is 8. The average Bonchev–Trinajstić information content (AvgIpc) is 4.00. The summed E-state index contributed by atoms with van der Waals surface area (Å²) in [5, 5.41) is 53.0. The van der Waals surface area contributed by atoms with Crippen molar-refractivity contribution < 1.29 is 48.5 Å². The minimum atomic E-state index is -1.10. The zero-order chi connectivity index (χ0) is 45.7. The van der Waals surface area contributed by atoms with E-state index >= 15 is 0 Å². The monoisotopic (exact) mass is 869 g/mol. The zero-order valence-electron chi connectivity index (χ0n) is 31.7. The van der Waals surface area contributed by atoms with Crippen molar-refractivity contribution in [1.29, 1.82) is 0 Å². The maximum atomic E-state index is 10.5. The molecule has 61 heavy (non-hydrogen) atoms. The minimum absolute atomic E-state index is 0.00118. The second-order valence-corrected chi connectivity index (χ2v) is 12.7. The number of pyridine rings is 1. The molecule has 4 aromatic heterocycles. The second kappa shape index (κ2) is 28.6. The highest BCUT2D eigenvalue weighted by Crippen LogP contribution is 2.17. The first-order valence-corrected chi connectivity index (χ1v) is 17.8. The molecule has 0 radical (unpaired) electrons. The Balaban J connectivity index is 0.000000407. The fourth-order valence-corrected chi connectivity index (χ4v) is 4.89. The summed E-state index contributed by atoms with van der Waals surface area (Å²) in [4.78, 5) is 61.2. The molecule has 0 saturated carbocycles. The summed E-state index contributed by atoms with van der Waals surface area (Å²) in [7, 11) is 0. The van der Waals surface area contributed by atoms with E-state index in [4.69, 9.17) is 74.4 Å². The van der Waals surface area contributed by atoms with E-state index in [1.165, 1.54) is 23.7 Å². The lowest BCUT2D eigenvalue weighted by Gasteiger charge is -2.06. The Morgan fingerprint density at radius 1 is 0.639 bits per heavy atom. The van der Waals surface area contributed by atoms with Crippen LogP contribution in [0.3, 0.4) is 0 Å². The van der Waals surface area contributed by atoms with E-state index in [0.29, 0.717) is 41.5 Å². The molecule has 0 aliphatic rings. The summed E-state index contributed by atoms with van der Waals surface area (Å²) >= 11 is 1.43. The number of carbonyl (C=O) groups is 4. The van der Waals surface area contributed by atoms with E-state index in [0.717, 1.165) is 10.4 Å². The molecule has 29 nitrogen and oxygen atoms in total. The van der Waals surface area contributed by atoms with Gasteiger partial charge in [0.1, 0.15) is 42.7 Å². The summed E-state index contributed by atoms with van der Waals surface area (Å²) < 4.78 is 9.71. The van der Waals surface area contributed by atoms with Crippen molar-refractivity contribution >= 4 is 35.2 Å². The largest absolute Gasteiger partial charge is 0.480 e. The Morgan fingerprint density at radius 3 is 1.70 bits per heavy atom. The van der Waals surface area contributed by atoms with Gasteiger partial charge in [0.2, 0.25) is 0 Å². The molecule has 0 unspecified atom stereocenters. The van der Waals surface area contributed by atoms with Crippen LogP contribution >= 0.6 is 11.3 Å². The Bertz CT molecular complexity index is 2060. The fraction of sp³-hybridized carbons (Fsp3) is 0.387. The van der Waals surface area contributed by atoms with Gasteiger partial charge in [-0.1, -0.05) is 31.7 Å². The van der Waals surface area contributed by atoms with Crippen LogP contribution in [0.15, 0.2) is 71.4 Å². The molecule has 0 fully saturated rings. The average molecular weight is 870 g/mol. The van der Waals surface area contributed by atoms with Crippen molar-refractivity contribution in [3.63, 3.8) is 0 Å². The van der Waals surface area contributed by atoms with Crippen LogP contribution in [0.4, 0.5) is 0 Å². The van der Waals surface area contributed by atoms with Crippen LogP contribution in [0, 0.1) is 0 Å². The van der Waals surface area contributed by atoms with Gasteiger partial charge in [-0.25, -0.2) is 4.98 Å². The maximum Gasteiger partial charge on any atom is 0.320 e. The number of rotatable bonds is 20. The number of thiophene rings is 1. The number of carboxylic acid groups (broad SMARTS) is 4. The highest BCUT2D eigenvalue weighted by atomic mass is 32.1. The van der Waals surface area contributed by atoms with Crippen LogP contribution in [0.5, 0.6) is 0 Å². The molecule has 4 aromatic rings. The lowest BCUT2D eigenvalue weighted by molar-refractivity contribution is -0.139. The van der Waals surface area contributed by atoms with Gasteiger partial charge in [0.05, 0.1) is 31.0 Å². The number of azide groups is 4. The van der Waals surface area contributed by atoms with Crippen molar-refractivity contribution in [2.24, 2.45) is 43.4 Å². The van der Waals surface area contributed by atoms with Crippen molar-refractivity contribution in [3.8, 4) is 0 Å². The van der Waals surface area contributed by atoms with Crippen molar-refractivity contribution in [2.45, 2.75) is 76.0 Å². The van der Waals surface area contributed by atoms with Gasteiger partial charge < -0.3 is 52.3 Å². The van der Waals surface area contributed by atoms with Gasteiger partial charge in [-0.2, -0.15) is 0 Å². The first kappa shape index (κ1) is 51.2. The third-order valence-corrected chi connectivity index (χ3v) is 7.91. The molecule has 0 spiro atoms. The van der Waals surface area contributed by atoms with Gasteiger partial charge >= 0.3 is 23.9 Å². The van der Waals surface area contributed by atoms with Crippen molar-refractivity contribution in [1.82, 2.24) is 15.1 Å². The third kappa shape index (κ3) is 22.1. The lowest BCUT2D eigenvalue weighted by atomic mass is 10.1. The van der Waals surface area contributed by atoms with Gasteiger partial charge in [-0.15, -0.1) is 11.3 Å². The highest BCUT2D eigenvalue weighted by molar-refractivity contribution is 7.10. The smallest absolute Gasteiger partial charge is 0.320 e. The van der Waals surface area contributed by atoms with E-state index in [2.05, 4.69) is 55.2 Å². The normalized spacial score (nSPS) is 11.7. The van der Waals surface area contributed by atoms with Crippen LogP contribution in [0.2, 0.25) is 0 Å². The molecule has 4 heterocycles. The molecule has 4 atom stereocenters. The van der Waals surface area contributed by atoms with Gasteiger partial charge in [0.15, 0.2) is 5.89 Å².